The molecule has 0 bridgehead atoms. The van der Waals surface area contributed by atoms with Crippen LogP contribution in [0.1, 0.15) is 137 Å². The van der Waals surface area contributed by atoms with Crippen LogP contribution in [0.25, 0.3) is 0 Å². The molecule has 4 atom stereocenters. The van der Waals surface area contributed by atoms with E-state index in [0.29, 0.717) is 65.6 Å². The van der Waals surface area contributed by atoms with Gasteiger partial charge in [0.05, 0.1) is 140 Å². The van der Waals surface area contributed by atoms with Gasteiger partial charge in [0.2, 0.25) is 17.7 Å². The van der Waals surface area contributed by atoms with Crippen LogP contribution in [0.15, 0.2) is 0 Å². The highest BCUT2D eigenvalue weighted by molar-refractivity contribution is 14.1. The predicted octanol–water partition coefficient (Wildman–Crippen LogP) is 9.96. The number of anilines is 4. The van der Waals surface area contributed by atoms with E-state index in [2.05, 4.69) is 31.9 Å². The van der Waals surface area contributed by atoms with Crippen LogP contribution in [0.5, 0.6) is 0 Å². The molecule has 0 radical (unpaired) electrons. The van der Waals surface area contributed by atoms with Gasteiger partial charge in [0.1, 0.15) is 6.61 Å². The predicted molar refractivity (Wildman–Crippen MR) is 486 cm³/mol. The Morgan fingerprint density at radius 1 is 0.417 bits per heavy atom. The third kappa shape index (κ3) is 30.3. The number of likely N-dealkylation sites (N-methyl/N-ethyl adjacent to an activating group) is 1. The van der Waals surface area contributed by atoms with E-state index in [1.54, 1.807) is 20.8 Å². The second kappa shape index (κ2) is 49.7. The number of esters is 2. The average Bonchev–Trinajstić information content (AvgIpc) is 0.791. The van der Waals surface area contributed by atoms with Crippen molar-refractivity contribution in [2.75, 3.05) is 81.3 Å². The van der Waals surface area contributed by atoms with Gasteiger partial charge in [-0.15, -0.1) is 0 Å². The molecule has 0 aliphatic heterocycles. The number of halogens is 16. The van der Waals surface area contributed by atoms with Crippen LogP contribution in [0.2, 0.25) is 0 Å². The standard InChI is InChI=1S/C18H18ClI3N2O7.C18H24I3N3O7.C14H14ClI3N2O5.C8H2Cl2I3NO2/c1-4-10(27)24-16-14(21)11(17(19)28)13(20)12(15(16)22)18(29)23-5-9(31-8(3)26)6-30-7(2)25;1-3-10(29)23-16-14(20)11(17(30)22-4-8(27)6-25)13(19)12(15(16)21)18(31)24(2)5-9(28)7-26;1-2-6(23)20-12-10(17)7(13(15)24)9(16)8(11(12)18)14(25)19-3-5(22)4-21;9-7(15)1-3(11)2(8(10)16)5(13)6(14)4(1)12/h9H,4-6H2,1-3H3,(H,23,29)(H,24,27);8-9,25-28H,3-7H2,1-2H3,(H,22,30)(H,23,29);5,21-22H,2-4H2,1H3,(H,19,25)(H,20,23);14H2. The second-order valence-electron chi connectivity index (χ2n) is 20.0. The number of nitrogen functional groups attached to an aromatic ring is 1. The molecule has 0 heterocycles. The quantitative estimate of drug-likeness (QED) is 0.0109. The molecule has 29 nitrogen and oxygen atoms in total. The molecule has 0 aliphatic carbocycles. The minimum absolute atomic E-state index is 0.0938. The van der Waals surface area contributed by atoms with Gasteiger partial charge in [-0.1, -0.05) is 20.8 Å². The van der Waals surface area contributed by atoms with Crippen LogP contribution in [0.4, 0.5) is 22.7 Å². The number of carbonyl (C=O) groups is 13. The number of nitrogens with zero attached hydrogens (tertiary/aromatic N) is 1. The lowest BCUT2D eigenvalue weighted by molar-refractivity contribution is -0.155. The summed E-state index contributed by atoms with van der Waals surface area (Å²) >= 11 is 45.0. The van der Waals surface area contributed by atoms with E-state index in [1.807, 2.05) is 271 Å². The number of hydrogen-bond acceptors (Lipinski definition) is 22. The molecule has 14 N–H and O–H groups in total. The SMILES string of the molecule is CCC(=O)Nc1c(I)c(C(=O)Cl)c(I)c(C(=O)NCC(COC(C)=O)OC(C)=O)c1I.CCC(=O)Nc1c(I)c(C(=O)Cl)c(I)c(C(=O)NCC(O)CO)c1I.CCC(=O)Nc1c(I)c(C(=O)NCC(O)CO)c(I)c(C(=O)N(C)CC(O)CO)c1I.Nc1c(I)c(C(=O)Cl)c(I)c(C(=O)Cl)c1I. The summed E-state index contributed by atoms with van der Waals surface area (Å²) in [5, 5.41) is 68.3. The van der Waals surface area contributed by atoms with Gasteiger partial charge in [-0.25, -0.2) is 0 Å². The molecule has 0 saturated heterocycles. The van der Waals surface area contributed by atoms with E-state index in [1.165, 1.54) is 25.8 Å². The number of ether oxygens (including phenoxy) is 2. The summed E-state index contributed by atoms with van der Waals surface area (Å²) in [6.07, 6.45) is -3.66. The molecule has 0 saturated carbocycles. The summed E-state index contributed by atoms with van der Waals surface area (Å²) in [5.74, 6) is -4.27. The Balaban J connectivity index is 0.000000703. The van der Waals surface area contributed by atoms with Gasteiger partial charge in [0, 0.05) is 74.1 Å². The molecular weight excluding hydrogens is 2810 g/mol. The molecule has 0 fully saturated rings. The highest BCUT2D eigenvalue weighted by Crippen LogP contribution is 2.40. The van der Waals surface area contributed by atoms with Crippen LogP contribution in [0.3, 0.4) is 0 Å². The van der Waals surface area contributed by atoms with Crippen molar-refractivity contribution in [3.8, 4) is 0 Å². The summed E-state index contributed by atoms with van der Waals surface area (Å²) in [6.45, 7) is 5.00. The summed E-state index contributed by atoms with van der Waals surface area (Å²) in [5.41, 5.74) is 8.35. The molecule has 4 aromatic rings. The van der Waals surface area contributed by atoms with Crippen LogP contribution in [-0.2, 0) is 33.4 Å². The minimum atomic E-state index is -1.14. The van der Waals surface area contributed by atoms with Gasteiger partial charge in [-0.05, 0) is 317 Å². The van der Waals surface area contributed by atoms with Crippen molar-refractivity contribution < 1.29 is 102 Å². The Labute approximate surface area is 772 Å². The van der Waals surface area contributed by atoms with Crippen molar-refractivity contribution in [3.63, 3.8) is 0 Å². The minimum Gasteiger partial charge on any atom is -0.462 e. The smallest absolute Gasteiger partial charge is 0.303 e. The molecule has 7 amide bonds. The second-order valence-corrected chi connectivity index (χ2v) is 34.3. The zero-order valence-electron chi connectivity index (χ0n) is 53.5. The van der Waals surface area contributed by atoms with E-state index in [9.17, 15) is 77.6 Å². The number of rotatable bonds is 28. The largest absolute Gasteiger partial charge is 0.462 e. The fraction of sp³-hybridized carbons (Fsp3) is 0.362. The van der Waals surface area contributed by atoms with E-state index in [0.717, 1.165) is 0 Å². The van der Waals surface area contributed by atoms with E-state index in [4.69, 9.17) is 76.9 Å². The fourth-order valence-electron chi connectivity index (χ4n) is 7.41. The normalized spacial score (nSPS) is 11.7. The van der Waals surface area contributed by atoms with Crippen molar-refractivity contribution in [3.05, 3.63) is 87.3 Å². The van der Waals surface area contributed by atoms with Crippen molar-refractivity contribution in [1.82, 2.24) is 20.9 Å². The molecule has 4 unspecified atom stereocenters. The lowest BCUT2D eigenvalue weighted by Crippen LogP contribution is -2.38. The molecule has 45 heteroatoms. The molecule has 4 rings (SSSR count). The molecule has 0 aromatic heterocycles. The number of nitrogens with two attached hydrogens (primary N) is 1. The third-order valence-corrected chi connectivity index (χ3v) is 26.3. The van der Waals surface area contributed by atoms with Gasteiger partial charge in [0.15, 0.2) is 6.10 Å². The molecule has 0 spiro atoms. The summed E-state index contributed by atoms with van der Waals surface area (Å²) in [4.78, 5) is 157. The van der Waals surface area contributed by atoms with E-state index in [-0.39, 0.29) is 114 Å². The Hall–Kier alpha value is 0.270. The maximum atomic E-state index is 13.1. The zero-order chi connectivity index (χ0) is 79.7. The number of hydrogen-bond donors (Lipinski definition) is 13. The van der Waals surface area contributed by atoms with Crippen LogP contribution < -0.4 is 37.6 Å². The highest BCUT2D eigenvalue weighted by atomic mass is 127. The van der Waals surface area contributed by atoms with Gasteiger partial charge in [-0.3, -0.25) is 62.3 Å². The van der Waals surface area contributed by atoms with Gasteiger partial charge in [0.25, 0.3) is 44.6 Å². The van der Waals surface area contributed by atoms with Crippen molar-refractivity contribution in [2.24, 2.45) is 0 Å². The molecular formula is C58H58Cl4I12N8O21. The maximum absolute atomic E-state index is 13.1. The topological polar surface area (TPSA) is 463 Å². The summed E-state index contributed by atoms with van der Waals surface area (Å²) in [7, 11) is 1.45. The van der Waals surface area contributed by atoms with Crippen LogP contribution >= 0.6 is 317 Å². The Bertz CT molecular complexity index is 3920. The first-order valence-electron chi connectivity index (χ1n) is 28.4. The first kappa shape index (κ1) is 101. The number of carbonyl (C=O) groups excluding carboxylic acids is 13. The number of aliphatic hydroxyl groups is 6. The molecule has 103 heavy (non-hydrogen) atoms. The molecule has 0 aliphatic rings. The van der Waals surface area contributed by atoms with E-state index < -0.39 is 101 Å². The molecule has 4 aromatic carbocycles. The van der Waals surface area contributed by atoms with Crippen molar-refractivity contribution in [2.45, 2.75) is 78.3 Å². The Morgan fingerprint density at radius 2 is 0.689 bits per heavy atom. The zero-order valence-corrected chi connectivity index (χ0v) is 82.4. The van der Waals surface area contributed by atoms with Gasteiger partial charge in [-0.2, -0.15) is 0 Å². The maximum Gasteiger partial charge on any atom is 0.303 e. The van der Waals surface area contributed by atoms with Gasteiger partial charge >= 0.3 is 11.9 Å². The monoisotopic (exact) mass is 2870 g/mol. The van der Waals surface area contributed by atoms with Gasteiger partial charge < -0.3 is 82.6 Å². The third-order valence-electron chi connectivity index (χ3n) is 12.5. The number of amides is 7. The Kier molecular flexibility index (Phi) is 48.9. The highest BCUT2D eigenvalue weighted by Gasteiger charge is 2.34. The van der Waals surface area contributed by atoms with Crippen LogP contribution in [0, 0.1) is 42.8 Å². The van der Waals surface area contributed by atoms with Crippen LogP contribution in [-0.4, -0.2) is 194 Å². The lowest BCUT2D eigenvalue weighted by atomic mass is 10.1. The number of benzene rings is 4. The molecule has 568 valence electrons. The number of aliphatic hydroxyl groups excluding tert-OH is 6. The lowest BCUT2D eigenvalue weighted by Gasteiger charge is -2.24. The first-order chi connectivity index (χ1) is 47.8. The Morgan fingerprint density at radius 3 is 0.971 bits per heavy atom. The average molecular weight is 2870 g/mol. The summed E-state index contributed by atoms with van der Waals surface area (Å²) < 4.78 is 14.9. The first-order valence-corrected chi connectivity index (χ1v) is 42.8. The summed E-state index contributed by atoms with van der Waals surface area (Å²) in [6, 6.07) is 0. The van der Waals surface area contributed by atoms with Crippen molar-refractivity contribution in [1.29, 1.82) is 0 Å². The van der Waals surface area contributed by atoms with E-state index >= 15 is 0 Å². The number of nitrogens with one attached hydrogen (secondary N) is 6. The fourth-order valence-corrected chi connectivity index (χ4v) is 26.8. The van der Waals surface area contributed by atoms with Crippen molar-refractivity contribution >= 4 is 415 Å².